The Morgan fingerprint density at radius 2 is 1.94 bits per heavy atom. The number of carbonyl (C=O) groups excluding carboxylic acids is 3. The van der Waals surface area contributed by atoms with Gasteiger partial charge in [0.2, 0.25) is 0 Å². The average Bonchev–Trinajstić information content (AvgIpc) is 3.32. The van der Waals surface area contributed by atoms with E-state index in [9.17, 15) is 19.5 Å². The predicted octanol–water partition coefficient (Wildman–Crippen LogP) is 4.01. The highest BCUT2D eigenvalue weighted by atomic mass is 16.5. The van der Waals surface area contributed by atoms with Crippen molar-refractivity contribution in [1.29, 1.82) is 0 Å². The molecule has 184 valence electrons. The van der Waals surface area contributed by atoms with Crippen LogP contribution in [0.15, 0.2) is 34.7 Å². The third-order valence-corrected chi connectivity index (χ3v) is 9.96. The van der Waals surface area contributed by atoms with Crippen LogP contribution in [-0.4, -0.2) is 36.0 Å². The first-order valence-corrected chi connectivity index (χ1v) is 12.2. The van der Waals surface area contributed by atoms with E-state index < -0.39 is 40.3 Å². The maximum absolute atomic E-state index is 13.9. The lowest BCUT2D eigenvalue weighted by Crippen LogP contribution is -2.67. The van der Waals surface area contributed by atoms with E-state index in [1.165, 1.54) is 7.11 Å². The van der Waals surface area contributed by atoms with E-state index in [4.69, 9.17) is 13.9 Å². The fourth-order valence-electron chi connectivity index (χ4n) is 8.16. The quantitative estimate of drug-likeness (QED) is 0.666. The van der Waals surface area contributed by atoms with E-state index >= 15 is 0 Å². The first kappa shape index (κ1) is 23.3. The summed E-state index contributed by atoms with van der Waals surface area (Å²) in [7, 11) is 1.35. The van der Waals surface area contributed by atoms with Crippen LogP contribution in [-0.2, 0) is 23.9 Å². The summed E-state index contributed by atoms with van der Waals surface area (Å²) in [4.78, 5) is 39.1. The molecule has 0 amide bonds. The molecule has 8 atom stereocenters. The fraction of sp³-hybridized carbons (Fsp3) is 0.667. The van der Waals surface area contributed by atoms with Gasteiger partial charge in [0.1, 0.15) is 11.9 Å². The van der Waals surface area contributed by atoms with Crippen molar-refractivity contribution in [3.63, 3.8) is 0 Å². The van der Waals surface area contributed by atoms with Gasteiger partial charge in [-0.05, 0) is 54.1 Å². The second kappa shape index (κ2) is 7.54. The summed E-state index contributed by atoms with van der Waals surface area (Å²) in [6, 6.07) is 1.83. The van der Waals surface area contributed by atoms with E-state index in [1.807, 2.05) is 26.8 Å². The number of hydrogen-bond acceptors (Lipinski definition) is 7. The molecule has 0 saturated heterocycles. The minimum atomic E-state index is -0.877. The molecule has 2 bridgehead atoms. The van der Waals surface area contributed by atoms with E-state index in [2.05, 4.69) is 6.92 Å². The van der Waals surface area contributed by atoms with Gasteiger partial charge in [-0.1, -0.05) is 27.7 Å². The molecule has 0 aromatic carbocycles. The molecule has 8 unspecified atom stereocenters. The Hall–Kier alpha value is -2.41. The van der Waals surface area contributed by atoms with Crippen molar-refractivity contribution in [1.82, 2.24) is 0 Å². The van der Waals surface area contributed by atoms with Crippen LogP contribution in [0.2, 0.25) is 0 Å². The van der Waals surface area contributed by atoms with Crippen LogP contribution in [0.25, 0.3) is 0 Å². The number of cyclic esters (lactones) is 1. The van der Waals surface area contributed by atoms with Gasteiger partial charge < -0.3 is 19.0 Å². The Morgan fingerprint density at radius 1 is 1.21 bits per heavy atom. The lowest BCUT2D eigenvalue weighted by atomic mass is 9.38. The summed E-state index contributed by atoms with van der Waals surface area (Å²) in [6.07, 6.45) is 5.57. The van der Waals surface area contributed by atoms with Crippen LogP contribution < -0.4 is 0 Å². The molecule has 0 spiro atoms. The summed E-state index contributed by atoms with van der Waals surface area (Å²) in [5.41, 5.74) is -0.0462. The molecule has 4 aliphatic rings. The lowest BCUT2D eigenvalue weighted by molar-refractivity contribution is -0.200. The van der Waals surface area contributed by atoms with Crippen LogP contribution in [0.1, 0.15) is 65.0 Å². The van der Waals surface area contributed by atoms with Gasteiger partial charge in [-0.2, -0.15) is 0 Å². The van der Waals surface area contributed by atoms with Crippen molar-refractivity contribution in [2.45, 2.75) is 65.6 Å². The molecule has 3 saturated carbocycles. The number of hydrogen-bond donors (Lipinski definition) is 1. The van der Waals surface area contributed by atoms with Crippen LogP contribution in [0.4, 0.5) is 0 Å². The summed E-state index contributed by atoms with van der Waals surface area (Å²) in [5, 5.41) is 11.4. The monoisotopic (exact) mass is 470 g/mol. The van der Waals surface area contributed by atoms with Crippen molar-refractivity contribution in [3.05, 3.63) is 35.8 Å². The minimum absolute atomic E-state index is 0.0343. The second-order valence-corrected chi connectivity index (χ2v) is 11.7. The number of esters is 2. The van der Waals surface area contributed by atoms with Gasteiger partial charge in [0, 0.05) is 34.8 Å². The number of aliphatic hydroxyl groups is 1. The zero-order chi connectivity index (χ0) is 24.6. The van der Waals surface area contributed by atoms with Gasteiger partial charge in [0.15, 0.2) is 0 Å². The number of aliphatic hydroxyl groups excluding tert-OH is 1. The van der Waals surface area contributed by atoms with Gasteiger partial charge in [-0.15, -0.1) is 0 Å². The third kappa shape index (κ3) is 2.95. The highest BCUT2D eigenvalue weighted by Gasteiger charge is 2.69. The number of rotatable bonds is 3. The molecular weight excluding hydrogens is 436 g/mol. The summed E-state index contributed by atoms with van der Waals surface area (Å²) < 4.78 is 16.1. The number of fused-ring (bicyclic) bond motifs is 6. The summed E-state index contributed by atoms with van der Waals surface area (Å²) >= 11 is 0. The van der Waals surface area contributed by atoms with Crippen molar-refractivity contribution in [2.75, 3.05) is 7.11 Å². The first-order valence-electron chi connectivity index (χ1n) is 12.2. The van der Waals surface area contributed by atoms with Crippen LogP contribution in [0.5, 0.6) is 0 Å². The molecule has 3 fully saturated rings. The van der Waals surface area contributed by atoms with E-state index in [-0.39, 0.29) is 35.9 Å². The molecule has 7 heteroatoms. The largest absolute Gasteiger partial charge is 0.472 e. The molecule has 7 nitrogen and oxygen atoms in total. The van der Waals surface area contributed by atoms with Crippen molar-refractivity contribution in [3.8, 4) is 0 Å². The predicted molar refractivity (Wildman–Crippen MR) is 121 cm³/mol. The molecule has 2 heterocycles. The van der Waals surface area contributed by atoms with Crippen LogP contribution in [0.3, 0.4) is 0 Å². The Kier molecular flexibility index (Phi) is 5.18. The Labute approximate surface area is 199 Å². The van der Waals surface area contributed by atoms with Crippen molar-refractivity contribution in [2.24, 2.45) is 39.9 Å². The molecule has 0 radical (unpaired) electrons. The molecule has 5 rings (SSSR count). The van der Waals surface area contributed by atoms with Gasteiger partial charge >= 0.3 is 11.9 Å². The maximum atomic E-state index is 13.9. The highest BCUT2D eigenvalue weighted by Crippen LogP contribution is 2.68. The Bertz CT molecular complexity index is 1050. The van der Waals surface area contributed by atoms with Crippen molar-refractivity contribution < 1.29 is 33.4 Å². The number of ether oxygens (including phenoxy) is 2. The lowest BCUT2D eigenvalue weighted by Gasteiger charge is -2.65. The smallest absolute Gasteiger partial charge is 0.331 e. The molecule has 3 aliphatic carbocycles. The number of furan rings is 1. The topological polar surface area (TPSA) is 103 Å². The van der Waals surface area contributed by atoms with E-state index in [0.717, 1.165) is 24.0 Å². The Morgan fingerprint density at radius 3 is 2.59 bits per heavy atom. The third-order valence-electron chi connectivity index (χ3n) is 9.96. The Balaban J connectivity index is 1.61. The first-order chi connectivity index (χ1) is 16.0. The van der Waals surface area contributed by atoms with Crippen molar-refractivity contribution >= 4 is 17.7 Å². The summed E-state index contributed by atoms with van der Waals surface area (Å²) in [5.74, 6) is -1.72. The average molecular weight is 471 g/mol. The van der Waals surface area contributed by atoms with Crippen LogP contribution in [0, 0.1) is 39.9 Å². The molecule has 1 N–H and O–H groups in total. The standard InChI is InChI=1S/C27H34O7/c1-25(2)19(12-20(28)32-5)27(4)17-6-8-26(3)18(15(17)10-16(22(25)30)23(27)31)11-21(29)34-24(26)14-7-9-33-13-14/h7,9,11,13,15-17,19,22,24,30H,6,8,10,12H2,1-5H3. The van der Waals surface area contributed by atoms with Crippen LogP contribution >= 0.6 is 0 Å². The maximum Gasteiger partial charge on any atom is 0.331 e. The van der Waals surface area contributed by atoms with E-state index in [1.54, 1.807) is 18.6 Å². The fourth-order valence-corrected chi connectivity index (χ4v) is 8.16. The number of carbonyl (C=O) groups is 3. The van der Waals surface area contributed by atoms with Gasteiger partial charge in [-0.3, -0.25) is 9.59 Å². The number of Topliss-reactive ketones (excluding diaryl/α,β-unsaturated/α-hetero) is 1. The number of ketones is 1. The van der Waals surface area contributed by atoms with Gasteiger partial charge in [-0.25, -0.2) is 4.79 Å². The molecule has 1 aromatic heterocycles. The number of methoxy groups -OCH3 is 1. The minimum Gasteiger partial charge on any atom is -0.472 e. The zero-order valence-corrected chi connectivity index (χ0v) is 20.5. The molecule has 34 heavy (non-hydrogen) atoms. The normalized spacial score (nSPS) is 42.7. The SMILES string of the molecule is COC(=O)CC1C(C)(C)C(O)C2CC3C4=CC(=O)OC(c5ccoc5)C4(C)CCC3C1(C)C2=O. The van der Waals surface area contributed by atoms with E-state index in [0.29, 0.717) is 6.42 Å². The molecule has 1 aromatic rings. The van der Waals surface area contributed by atoms with Gasteiger partial charge in [0.05, 0.1) is 25.7 Å². The molecular formula is C27H34O7. The highest BCUT2D eigenvalue weighted by molar-refractivity contribution is 5.91. The van der Waals surface area contributed by atoms with Gasteiger partial charge in [0.25, 0.3) is 0 Å². The molecule has 1 aliphatic heterocycles. The summed E-state index contributed by atoms with van der Waals surface area (Å²) in [6.45, 7) is 8.03. The second-order valence-electron chi connectivity index (χ2n) is 11.7. The zero-order valence-electron chi connectivity index (χ0n) is 20.5.